The van der Waals surface area contributed by atoms with Gasteiger partial charge in [-0.2, -0.15) is 0 Å². The summed E-state index contributed by atoms with van der Waals surface area (Å²) in [5, 5.41) is 44.6. The van der Waals surface area contributed by atoms with Gasteiger partial charge in [0.05, 0.1) is 35.1 Å². The van der Waals surface area contributed by atoms with Gasteiger partial charge in [0.15, 0.2) is 0 Å². The van der Waals surface area contributed by atoms with Crippen LogP contribution in [0.5, 0.6) is 0 Å². The topological polar surface area (TPSA) is 90.2 Å². The van der Waals surface area contributed by atoms with E-state index in [2.05, 4.69) is 33.8 Å². The Morgan fingerprint density at radius 3 is 2.20 bits per heavy atom. The summed E-state index contributed by atoms with van der Waals surface area (Å²) >= 11 is 0. The smallest absolute Gasteiger partial charge is 0.0912 e. The van der Waals surface area contributed by atoms with Crippen molar-refractivity contribution < 1.29 is 25.2 Å². The summed E-state index contributed by atoms with van der Waals surface area (Å²) in [5.41, 5.74) is -1.38. The van der Waals surface area contributed by atoms with E-state index in [-0.39, 0.29) is 28.8 Å². The van der Waals surface area contributed by atoms with Crippen LogP contribution in [-0.2, 0) is 4.74 Å². The highest BCUT2D eigenvalue weighted by atomic mass is 16.5. The molecule has 4 aliphatic rings. The van der Waals surface area contributed by atoms with Crippen LogP contribution in [0.3, 0.4) is 0 Å². The second-order valence-electron chi connectivity index (χ2n) is 14.5. The molecule has 5 nitrogen and oxygen atoms in total. The van der Waals surface area contributed by atoms with E-state index in [0.29, 0.717) is 24.7 Å². The molecule has 1 aliphatic heterocycles. The number of allylic oxidation sites excluding steroid dienone is 2. The van der Waals surface area contributed by atoms with Crippen LogP contribution in [0.15, 0.2) is 11.6 Å². The number of aliphatic hydroxyl groups excluding tert-OH is 2. The fourth-order valence-electron chi connectivity index (χ4n) is 9.02. The molecule has 3 fully saturated rings. The molecule has 35 heavy (non-hydrogen) atoms. The first-order chi connectivity index (χ1) is 15.9. The molecule has 0 aromatic heterocycles. The van der Waals surface area contributed by atoms with Crippen molar-refractivity contribution in [1.29, 1.82) is 0 Å². The van der Waals surface area contributed by atoms with Crippen molar-refractivity contribution in [1.82, 2.24) is 0 Å². The van der Waals surface area contributed by atoms with Gasteiger partial charge in [0.2, 0.25) is 0 Å². The van der Waals surface area contributed by atoms with Gasteiger partial charge in [0, 0.05) is 6.42 Å². The van der Waals surface area contributed by atoms with Gasteiger partial charge in [-0.25, -0.2) is 0 Å². The summed E-state index contributed by atoms with van der Waals surface area (Å²) in [4.78, 5) is 0. The number of fused-ring (bicyclic) bond motifs is 2. The van der Waals surface area contributed by atoms with E-state index in [1.54, 1.807) is 6.92 Å². The summed E-state index contributed by atoms with van der Waals surface area (Å²) in [6, 6.07) is 0. The van der Waals surface area contributed by atoms with E-state index in [0.717, 1.165) is 38.5 Å². The minimum Gasteiger partial charge on any atom is -0.390 e. The first kappa shape index (κ1) is 27.6. The maximum atomic E-state index is 11.7. The third-order valence-corrected chi connectivity index (χ3v) is 11.6. The Morgan fingerprint density at radius 1 is 0.886 bits per heavy atom. The molecule has 4 rings (SSSR count). The molecule has 3 aliphatic carbocycles. The predicted molar refractivity (Wildman–Crippen MR) is 139 cm³/mol. The van der Waals surface area contributed by atoms with Crippen molar-refractivity contribution in [2.45, 2.75) is 142 Å². The lowest BCUT2D eigenvalue weighted by Crippen LogP contribution is -2.62. The van der Waals surface area contributed by atoms with Crippen LogP contribution in [0.4, 0.5) is 0 Å². The van der Waals surface area contributed by atoms with Gasteiger partial charge in [0.25, 0.3) is 0 Å². The molecule has 10 atom stereocenters. The first-order valence-corrected chi connectivity index (χ1v) is 14.1. The molecule has 4 N–H and O–H groups in total. The van der Waals surface area contributed by atoms with Crippen molar-refractivity contribution in [3.8, 4) is 0 Å². The fourth-order valence-corrected chi connectivity index (χ4v) is 9.02. The molecule has 0 aromatic carbocycles. The van der Waals surface area contributed by atoms with Gasteiger partial charge in [-0.1, -0.05) is 32.4 Å². The van der Waals surface area contributed by atoms with Gasteiger partial charge < -0.3 is 25.2 Å². The van der Waals surface area contributed by atoms with E-state index in [1.165, 1.54) is 5.57 Å². The zero-order chi connectivity index (χ0) is 26.2. The summed E-state index contributed by atoms with van der Waals surface area (Å²) in [6.45, 7) is 16.9. The summed E-state index contributed by atoms with van der Waals surface area (Å²) < 4.78 is 6.51. The number of ether oxygens (including phenoxy) is 1. The molecule has 0 amide bonds. The van der Waals surface area contributed by atoms with Crippen molar-refractivity contribution in [3.05, 3.63) is 11.6 Å². The SMILES string of the molecule is CC1=CC[C@H]2[C@H](CC[C@]2(C)O)C(C)(C)[C@@H]1CC[C@@H]1[C@](C)(O)[C@H](O)C[C@@H]2OC(C)(C)[C@@H](O)CC[C@]21C. The molecule has 0 aromatic rings. The van der Waals surface area contributed by atoms with Crippen molar-refractivity contribution >= 4 is 0 Å². The Bertz CT molecular complexity index is 827. The van der Waals surface area contributed by atoms with E-state index in [4.69, 9.17) is 4.74 Å². The second-order valence-corrected chi connectivity index (χ2v) is 14.5. The molecule has 0 unspecified atom stereocenters. The first-order valence-electron chi connectivity index (χ1n) is 14.1. The quantitative estimate of drug-likeness (QED) is 0.417. The molecule has 1 saturated heterocycles. The molecular weight excluding hydrogens is 440 g/mol. The monoisotopic (exact) mass is 492 g/mol. The molecule has 5 heteroatoms. The second kappa shape index (κ2) is 8.80. The zero-order valence-electron chi connectivity index (χ0n) is 23.5. The number of hydrogen-bond acceptors (Lipinski definition) is 5. The van der Waals surface area contributed by atoms with Gasteiger partial charge in [-0.05, 0) is 114 Å². The van der Waals surface area contributed by atoms with Gasteiger partial charge >= 0.3 is 0 Å². The summed E-state index contributed by atoms with van der Waals surface area (Å²) in [6.07, 6.45) is 7.12. The average molecular weight is 493 g/mol. The van der Waals surface area contributed by atoms with Crippen molar-refractivity contribution in [2.24, 2.45) is 34.5 Å². The summed E-state index contributed by atoms with van der Waals surface area (Å²) in [5.74, 6) is 0.975. The van der Waals surface area contributed by atoms with E-state index in [9.17, 15) is 20.4 Å². The molecule has 0 spiro atoms. The average Bonchev–Trinajstić information content (AvgIpc) is 2.96. The minimum absolute atomic E-state index is 0.0415. The fraction of sp³-hybridized carbons (Fsp3) is 0.933. The van der Waals surface area contributed by atoms with Crippen LogP contribution >= 0.6 is 0 Å². The third-order valence-electron chi connectivity index (χ3n) is 11.6. The van der Waals surface area contributed by atoms with E-state index in [1.807, 2.05) is 20.8 Å². The Balaban J connectivity index is 1.63. The lowest BCUT2D eigenvalue weighted by molar-refractivity contribution is -0.241. The van der Waals surface area contributed by atoms with Crippen LogP contribution < -0.4 is 0 Å². The highest BCUT2D eigenvalue weighted by Crippen LogP contribution is 2.59. The molecule has 0 bridgehead atoms. The van der Waals surface area contributed by atoms with E-state index < -0.39 is 29.0 Å². The Labute approximate surface area is 213 Å². The number of rotatable bonds is 3. The molecule has 0 radical (unpaired) electrons. The largest absolute Gasteiger partial charge is 0.390 e. The van der Waals surface area contributed by atoms with Gasteiger partial charge in [0.1, 0.15) is 0 Å². The highest BCUT2D eigenvalue weighted by molar-refractivity contribution is 5.17. The number of aliphatic hydroxyl groups is 4. The lowest BCUT2D eigenvalue weighted by atomic mass is 9.54. The predicted octanol–water partition coefficient (Wildman–Crippen LogP) is 4.99. The Hall–Kier alpha value is -0.460. The molecule has 2 saturated carbocycles. The maximum Gasteiger partial charge on any atom is 0.0912 e. The normalized spacial score (nSPS) is 51.5. The van der Waals surface area contributed by atoms with Crippen LogP contribution in [0.1, 0.15) is 107 Å². The minimum atomic E-state index is -1.21. The zero-order valence-corrected chi connectivity index (χ0v) is 23.5. The highest BCUT2D eigenvalue weighted by Gasteiger charge is 2.60. The third kappa shape index (κ3) is 4.46. The van der Waals surface area contributed by atoms with Crippen LogP contribution in [0, 0.1) is 34.5 Å². The molecule has 202 valence electrons. The summed E-state index contributed by atoms with van der Waals surface area (Å²) in [7, 11) is 0. The van der Waals surface area contributed by atoms with Crippen LogP contribution in [0.25, 0.3) is 0 Å². The Morgan fingerprint density at radius 2 is 1.54 bits per heavy atom. The van der Waals surface area contributed by atoms with Crippen LogP contribution in [-0.4, -0.2) is 55.5 Å². The van der Waals surface area contributed by atoms with Gasteiger partial charge in [-0.15, -0.1) is 0 Å². The molecular formula is C30H52O5. The van der Waals surface area contributed by atoms with Crippen molar-refractivity contribution in [2.75, 3.05) is 0 Å². The lowest BCUT2D eigenvalue weighted by Gasteiger charge is -2.56. The number of hydrogen-bond donors (Lipinski definition) is 4. The standard InChI is InChI=1S/C30H52O5/c1-18-9-10-21-20(13-16-29(21,7)33)26(2,3)19(18)11-12-22-28(6)15-14-23(31)27(4,5)35-25(28)17-24(32)30(22,8)34/h9,19-25,31-34H,10-17H2,1-8H3/t19-,20+,21+,22+,23+,24-,25+,28+,29+,30+/m1/s1. The van der Waals surface area contributed by atoms with E-state index >= 15 is 0 Å². The van der Waals surface area contributed by atoms with Gasteiger partial charge in [-0.3, -0.25) is 0 Å². The maximum absolute atomic E-state index is 11.7. The molecule has 1 heterocycles. The Kier molecular flexibility index (Phi) is 6.93. The van der Waals surface area contributed by atoms with Crippen molar-refractivity contribution in [3.63, 3.8) is 0 Å². The van der Waals surface area contributed by atoms with Crippen LogP contribution in [0.2, 0.25) is 0 Å².